The van der Waals surface area contributed by atoms with Crippen LogP contribution >= 0.6 is 11.8 Å². The summed E-state index contributed by atoms with van der Waals surface area (Å²) in [5.74, 6) is -0.202. The maximum absolute atomic E-state index is 12.4. The molecule has 1 aromatic heterocycles. The SMILES string of the molecule is CCN1C(=O)SC(=Cc2cc(C)n(-c3ccc(C(C)(C)C)cc3)c2C)C1=O. The minimum atomic E-state index is -0.202. The number of benzene rings is 1. The molecule has 1 aliphatic heterocycles. The number of imide groups is 1. The zero-order chi connectivity index (χ0) is 19.9. The summed E-state index contributed by atoms with van der Waals surface area (Å²) in [7, 11) is 0. The van der Waals surface area contributed by atoms with E-state index in [0.717, 1.165) is 34.4 Å². The van der Waals surface area contributed by atoms with Gasteiger partial charge in [0.15, 0.2) is 0 Å². The lowest BCUT2D eigenvalue weighted by Crippen LogP contribution is -2.27. The van der Waals surface area contributed by atoms with E-state index in [9.17, 15) is 9.59 Å². The Bertz CT molecular complexity index is 930. The Balaban J connectivity index is 1.98. The summed E-state index contributed by atoms with van der Waals surface area (Å²) in [4.78, 5) is 26.1. The monoisotopic (exact) mass is 382 g/mol. The number of hydrogen-bond acceptors (Lipinski definition) is 3. The Morgan fingerprint density at radius 1 is 1.07 bits per heavy atom. The first-order valence-electron chi connectivity index (χ1n) is 9.18. The van der Waals surface area contributed by atoms with Crippen LogP contribution in [0, 0.1) is 13.8 Å². The van der Waals surface area contributed by atoms with Crippen LogP contribution in [0.25, 0.3) is 11.8 Å². The fraction of sp³-hybridized carbons (Fsp3) is 0.364. The highest BCUT2D eigenvalue weighted by atomic mass is 32.2. The maximum atomic E-state index is 12.4. The van der Waals surface area contributed by atoms with Crippen LogP contribution in [0.4, 0.5) is 4.79 Å². The summed E-state index contributed by atoms with van der Waals surface area (Å²) in [6.45, 7) is 12.9. The fourth-order valence-electron chi connectivity index (χ4n) is 3.36. The van der Waals surface area contributed by atoms with Crippen molar-refractivity contribution in [3.63, 3.8) is 0 Å². The van der Waals surface area contributed by atoms with Gasteiger partial charge in [0.2, 0.25) is 0 Å². The fourth-order valence-corrected chi connectivity index (χ4v) is 4.25. The summed E-state index contributed by atoms with van der Waals surface area (Å²) in [5, 5.41) is -0.194. The molecule has 0 atom stereocenters. The molecule has 4 nitrogen and oxygen atoms in total. The van der Waals surface area contributed by atoms with E-state index >= 15 is 0 Å². The number of aryl methyl sites for hydroxylation is 1. The second-order valence-electron chi connectivity index (χ2n) is 7.88. The van der Waals surface area contributed by atoms with Crippen LogP contribution in [0.5, 0.6) is 0 Å². The highest BCUT2D eigenvalue weighted by Crippen LogP contribution is 2.33. The van der Waals surface area contributed by atoms with Gasteiger partial charge in [0.25, 0.3) is 11.1 Å². The zero-order valence-corrected chi connectivity index (χ0v) is 17.6. The molecule has 27 heavy (non-hydrogen) atoms. The standard InChI is InChI=1S/C22H26N2O2S/c1-7-23-20(25)19(27-21(23)26)13-16-12-14(2)24(15(16)3)18-10-8-17(9-11-18)22(4,5)6/h8-13H,7H2,1-6H3. The maximum Gasteiger partial charge on any atom is 0.293 e. The Labute approximate surface area is 165 Å². The van der Waals surface area contributed by atoms with Crippen molar-refractivity contribution < 1.29 is 9.59 Å². The van der Waals surface area contributed by atoms with Gasteiger partial charge in [-0.3, -0.25) is 14.5 Å². The molecule has 0 bridgehead atoms. The van der Waals surface area contributed by atoms with Crippen LogP contribution in [-0.2, 0) is 10.2 Å². The van der Waals surface area contributed by atoms with E-state index < -0.39 is 0 Å². The van der Waals surface area contributed by atoms with Crippen molar-refractivity contribution in [1.29, 1.82) is 0 Å². The number of carbonyl (C=O) groups excluding carboxylic acids is 2. The molecule has 1 aromatic carbocycles. The smallest absolute Gasteiger partial charge is 0.293 e. The summed E-state index contributed by atoms with van der Waals surface area (Å²) < 4.78 is 2.18. The zero-order valence-electron chi connectivity index (χ0n) is 16.8. The van der Waals surface area contributed by atoms with E-state index in [1.54, 1.807) is 0 Å². The summed E-state index contributed by atoms with van der Waals surface area (Å²) >= 11 is 1.01. The Hall–Kier alpha value is -2.27. The van der Waals surface area contributed by atoms with E-state index in [4.69, 9.17) is 0 Å². The summed E-state index contributed by atoms with van der Waals surface area (Å²) in [6.07, 6.45) is 1.84. The van der Waals surface area contributed by atoms with Crippen LogP contribution in [0.3, 0.4) is 0 Å². The number of likely N-dealkylation sites (N-methyl/N-ethyl adjacent to an activating group) is 1. The average Bonchev–Trinajstić information content (AvgIpc) is 3.02. The van der Waals surface area contributed by atoms with Crippen molar-refractivity contribution in [3.8, 4) is 5.69 Å². The molecule has 2 amide bonds. The van der Waals surface area contributed by atoms with Gasteiger partial charge in [0.1, 0.15) is 0 Å². The first-order valence-corrected chi connectivity index (χ1v) is 10.0. The molecular weight excluding hydrogens is 356 g/mol. The first kappa shape index (κ1) is 19.5. The lowest BCUT2D eigenvalue weighted by Gasteiger charge is -2.20. The third kappa shape index (κ3) is 3.61. The number of nitrogens with zero attached hydrogens (tertiary/aromatic N) is 2. The number of rotatable bonds is 3. The van der Waals surface area contributed by atoms with Crippen molar-refractivity contribution in [1.82, 2.24) is 9.47 Å². The lowest BCUT2D eigenvalue weighted by atomic mass is 9.87. The van der Waals surface area contributed by atoms with Crippen molar-refractivity contribution in [2.24, 2.45) is 0 Å². The molecule has 0 radical (unpaired) electrons. The van der Waals surface area contributed by atoms with Crippen LogP contribution in [0.15, 0.2) is 35.2 Å². The van der Waals surface area contributed by atoms with E-state index in [1.807, 2.05) is 19.9 Å². The normalized spacial score (nSPS) is 16.7. The Kier molecular flexibility index (Phi) is 5.08. The molecule has 2 heterocycles. The van der Waals surface area contributed by atoms with Gasteiger partial charge in [-0.15, -0.1) is 0 Å². The topological polar surface area (TPSA) is 42.3 Å². The van der Waals surface area contributed by atoms with Crippen LogP contribution < -0.4 is 0 Å². The van der Waals surface area contributed by atoms with Gasteiger partial charge in [-0.05, 0) is 73.4 Å². The summed E-state index contributed by atoms with van der Waals surface area (Å²) in [6, 6.07) is 10.7. The largest absolute Gasteiger partial charge is 0.318 e. The van der Waals surface area contributed by atoms with Gasteiger partial charge >= 0.3 is 0 Å². The second kappa shape index (κ2) is 7.04. The van der Waals surface area contributed by atoms with Gasteiger partial charge in [0.05, 0.1) is 4.91 Å². The highest BCUT2D eigenvalue weighted by molar-refractivity contribution is 8.18. The van der Waals surface area contributed by atoms with E-state index in [2.05, 4.69) is 62.6 Å². The number of aromatic nitrogens is 1. The Morgan fingerprint density at radius 2 is 1.70 bits per heavy atom. The van der Waals surface area contributed by atoms with Crippen LogP contribution in [-0.4, -0.2) is 27.2 Å². The molecule has 5 heteroatoms. The molecule has 0 spiro atoms. The number of hydrogen-bond donors (Lipinski definition) is 0. The molecule has 3 rings (SSSR count). The molecule has 0 unspecified atom stereocenters. The molecule has 0 aliphatic carbocycles. The predicted octanol–water partition coefficient (Wildman–Crippen LogP) is 5.45. The minimum Gasteiger partial charge on any atom is -0.318 e. The quantitative estimate of drug-likeness (QED) is 0.663. The third-order valence-corrected chi connectivity index (χ3v) is 5.85. The van der Waals surface area contributed by atoms with Crippen molar-refractivity contribution >= 4 is 29.0 Å². The number of amides is 2. The van der Waals surface area contributed by atoms with E-state index in [1.165, 1.54) is 10.5 Å². The number of carbonyl (C=O) groups is 2. The van der Waals surface area contributed by atoms with Gasteiger partial charge in [-0.25, -0.2) is 0 Å². The molecule has 142 valence electrons. The molecular formula is C22H26N2O2S. The van der Waals surface area contributed by atoms with E-state index in [-0.39, 0.29) is 16.6 Å². The third-order valence-electron chi connectivity index (χ3n) is 4.94. The lowest BCUT2D eigenvalue weighted by molar-refractivity contribution is -0.122. The molecule has 0 N–H and O–H groups in total. The van der Waals surface area contributed by atoms with Gasteiger partial charge in [0, 0.05) is 23.6 Å². The molecule has 0 saturated carbocycles. The first-order chi connectivity index (χ1) is 12.6. The van der Waals surface area contributed by atoms with Crippen LogP contribution in [0.1, 0.15) is 50.2 Å². The molecule has 2 aromatic rings. The van der Waals surface area contributed by atoms with E-state index in [0.29, 0.717) is 11.4 Å². The highest BCUT2D eigenvalue weighted by Gasteiger charge is 2.33. The van der Waals surface area contributed by atoms with Crippen molar-refractivity contribution in [3.05, 3.63) is 57.8 Å². The average molecular weight is 383 g/mol. The molecule has 1 fully saturated rings. The van der Waals surface area contributed by atoms with Crippen molar-refractivity contribution in [2.75, 3.05) is 6.54 Å². The van der Waals surface area contributed by atoms with Crippen LogP contribution in [0.2, 0.25) is 0 Å². The Morgan fingerprint density at radius 3 is 2.22 bits per heavy atom. The van der Waals surface area contributed by atoms with Gasteiger partial charge in [-0.1, -0.05) is 32.9 Å². The van der Waals surface area contributed by atoms with Gasteiger partial charge in [-0.2, -0.15) is 0 Å². The predicted molar refractivity (Wildman–Crippen MR) is 112 cm³/mol. The summed E-state index contributed by atoms with van der Waals surface area (Å²) in [5.41, 5.74) is 5.62. The molecule has 1 aliphatic rings. The number of thioether (sulfide) groups is 1. The minimum absolute atomic E-state index is 0.118. The molecule has 1 saturated heterocycles. The van der Waals surface area contributed by atoms with Gasteiger partial charge < -0.3 is 4.57 Å². The van der Waals surface area contributed by atoms with Crippen molar-refractivity contribution in [2.45, 2.75) is 47.0 Å². The second-order valence-corrected chi connectivity index (χ2v) is 8.88.